The number of nitrogens with zero attached hydrogens (tertiary/aromatic N) is 5. The molecule has 2 fully saturated rings. The minimum absolute atomic E-state index is 0.122. The maximum atomic E-state index is 13.8. The molecule has 1 aromatic carbocycles. The van der Waals surface area contributed by atoms with Gasteiger partial charge in [0.1, 0.15) is 17.1 Å². The zero-order valence-corrected chi connectivity index (χ0v) is 26.0. The van der Waals surface area contributed by atoms with E-state index in [1.54, 1.807) is 12.0 Å². The van der Waals surface area contributed by atoms with Crippen molar-refractivity contribution in [3.8, 4) is 11.3 Å². The number of ether oxygens (including phenoxy) is 3. The van der Waals surface area contributed by atoms with Crippen LogP contribution in [0.1, 0.15) is 57.1 Å². The van der Waals surface area contributed by atoms with E-state index in [4.69, 9.17) is 35.4 Å². The molecule has 3 heterocycles. The number of aryl methyl sites for hydroxylation is 3. The van der Waals surface area contributed by atoms with Crippen LogP contribution in [0, 0.1) is 13.8 Å². The predicted molar refractivity (Wildman–Crippen MR) is 157 cm³/mol. The summed E-state index contributed by atoms with van der Waals surface area (Å²) in [6, 6.07) is 4.08. The van der Waals surface area contributed by atoms with Crippen LogP contribution in [-0.2, 0) is 32.1 Å². The summed E-state index contributed by atoms with van der Waals surface area (Å²) in [5, 5.41) is 10.4. The third-order valence-electron chi connectivity index (χ3n) is 7.47. The van der Waals surface area contributed by atoms with Gasteiger partial charge in [0, 0.05) is 44.8 Å². The monoisotopic (exact) mass is 601 g/mol. The maximum absolute atomic E-state index is 13.8. The Morgan fingerprint density at radius 2 is 1.98 bits per heavy atom. The number of morpholine rings is 1. The zero-order valence-electron chi connectivity index (χ0n) is 25.2. The van der Waals surface area contributed by atoms with Crippen molar-refractivity contribution in [2.24, 2.45) is 0 Å². The van der Waals surface area contributed by atoms with Crippen molar-refractivity contribution in [1.82, 2.24) is 24.7 Å². The van der Waals surface area contributed by atoms with Gasteiger partial charge in [-0.3, -0.25) is 9.48 Å². The van der Waals surface area contributed by atoms with Gasteiger partial charge in [-0.2, -0.15) is 5.10 Å². The highest BCUT2D eigenvalue weighted by molar-refractivity contribution is 6.36. The van der Waals surface area contributed by atoms with Crippen LogP contribution in [0.4, 0.5) is 4.79 Å². The molecular formula is C30H40ClN5O6. The number of carbonyl (C=O) groups is 2. The Morgan fingerprint density at radius 1 is 1.21 bits per heavy atom. The van der Waals surface area contributed by atoms with Crippen molar-refractivity contribution in [2.45, 2.75) is 84.7 Å². The van der Waals surface area contributed by atoms with Gasteiger partial charge in [-0.1, -0.05) is 16.8 Å². The lowest BCUT2D eigenvalue weighted by molar-refractivity contribution is -0.150. The fourth-order valence-electron chi connectivity index (χ4n) is 5.37. The summed E-state index contributed by atoms with van der Waals surface area (Å²) >= 11 is 6.96. The molecule has 1 atom stereocenters. The summed E-state index contributed by atoms with van der Waals surface area (Å²) < 4.78 is 24.1. The smallest absolute Gasteiger partial charge is 0.410 e. The lowest BCUT2D eigenvalue weighted by atomic mass is 10.0. The Balaban J connectivity index is 1.42. The van der Waals surface area contributed by atoms with E-state index < -0.39 is 17.8 Å². The highest BCUT2D eigenvalue weighted by atomic mass is 35.5. The van der Waals surface area contributed by atoms with Gasteiger partial charge in [-0.25, -0.2) is 4.79 Å². The van der Waals surface area contributed by atoms with Gasteiger partial charge >= 0.3 is 6.09 Å². The largest absolute Gasteiger partial charge is 0.444 e. The molecule has 12 heteroatoms. The van der Waals surface area contributed by atoms with Crippen molar-refractivity contribution in [3.63, 3.8) is 0 Å². The van der Waals surface area contributed by atoms with Crippen LogP contribution in [-0.4, -0.2) is 87.9 Å². The summed E-state index contributed by atoms with van der Waals surface area (Å²) in [5.74, 6) is 0.543. The van der Waals surface area contributed by atoms with E-state index in [-0.39, 0.29) is 25.1 Å². The maximum Gasteiger partial charge on any atom is 0.410 e. The van der Waals surface area contributed by atoms with E-state index in [1.807, 2.05) is 50.3 Å². The van der Waals surface area contributed by atoms with Crippen LogP contribution in [0.15, 0.2) is 16.7 Å². The average Bonchev–Trinajstić information content (AvgIpc) is 3.64. The van der Waals surface area contributed by atoms with Gasteiger partial charge < -0.3 is 28.5 Å². The van der Waals surface area contributed by atoms with Crippen LogP contribution < -0.4 is 0 Å². The molecular weight excluding hydrogens is 562 g/mol. The first-order valence-electron chi connectivity index (χ1n) is 14.5. The van der Waals surface area contributed by atoms with Crippen LogP contribution in [0.3, 0.4) is 0 Å². The molecule has 1 aliphatic heterocycles. The normalized spacial score (nSPS) is 17.6. The van der Waals surface area contributed by atoms with Gasteiger partial charge in [0.2, 0.25) is 0 Å². The molecule has 0 spiro atoms. The molecule has 0 N–H and O–H groups in total. The van der Waals surface area contributed by atoms with E-state index in [0.29, 0.717) is 37.0 Å². The highest BCUT2D eigenvalue weighted by Crippen LogP contribution is 2.38. The second-order valence-corrected chi connectivity index (χ2v) is 12.5. The van der Waals surface area contributed by atoms with Gasteiger partial charge in [0.15, 0.2) is 6.10 Å². The Morgan fingerprint density at radius 3 is 2.62 bits per heavy atom. The van der Waals surface area contributed by atoms with Crippen molar-refractivity contribution in [1.29, 1.82) is 0 Å². The Kier molecular flexibility index (Phi) is 8.82. The van der Waals surface area contributed by atoms with Crippen molar-refractivity contribution < 1.29 is 28.3 Å². The predicted octanol–water partition coefficient (Wildman–Crippen LogP) is 5.12. The molecule has 11 nitrogen and oxygen atoms in total. The van der Waals surface area contributed by atoms with Crippen LogP contribution in [0.2, 0.25) is 5.02 Å². The highest BCUT2D eigenvalue weighted by Gasteiger charge is 2.39. The van der Waals surface area contributed by atoms with E-state index in [2.05, 4.69) is 11.2 Å². The number of hydrogen-bond donors (Lipinski definition) is 0. The number of methoxy groups -OCH3 is 1. The zero-order chi connectivity index (χ0) is 30.2. The lowest BCUT2D eigenvalue weighted by Crippen LogP contribution is -2.53. The molecule has 0 radical (unpaired) electrons. The summed E-state index contributed by atoms with van der Waals surface area (Å²) in [5.41, 5.74) is 3.45. The van der Waals surface area contributed by atoms with Gasteiger partial charge in [0.25, 0.3) is 5.91 Å². The third-order valence-corrected chi connectivity index (χ3v) is 7.77. The number of aromatic nitrogens is 3. The summed E-state index contributed by atoms with van der Waals surface area (Å²) in [7, 11) is 1.68. The molecule has 1 aliphatic carbocycles. The lowest BCUT2D eigenvalue weighted by Gasteiger charge is -2.36. The molecule has 1 saturated heterocycles. The van der Waals surface area contributed by atoms with E-state index in [9.17, 15) is 9.59 Å². The number of carbonyl (C=O) groups excluding carboxylic acids is 2. The van der Waals surface area contributed by atoms with Crippen molar-refractivity contribution in [2.75, 3.05) is 33.4 Å². The molecule has 42 heavy (non-hydrogen) atoms. The molecule has 2 aromatic heterocycles. The summed E-state index contributed by atoms with van der Waals surface area (Å²) in [6.45, 7) is 11.6. The second kappa shape index (κ2) is 12.2. The summed E-state index contributed by atoms with van der Waals surface area (Å²) in [4.78, 5) is 29.9. The van der Waals surface area contributed by atoms with Crippen LogP contribution in [0.5, 0.6) is 0 Å². The van der Waals surface area contributed by atoms with Crippen LogP contribution in [0.25, 0.3) is 22.2 Å². The molecule has 3 aromatic rings. The minimum atomic E-state index is -0.753. The van der Waals surface area contributed by atoms with Crippen molar-refractivity contribution in [3.05, 3.63) is 34.2 Å². The summed E-state index contributed by atoms with van der Waals surface area (Å²) in [6.07, 6.45) is 1.44. The first-order valence-corrected chi connectivity index (χ1v) is 14.9. The number of hydrogen-bond acceptors (Lipinski definition) is 8. The number of amides is 2. The Hall–Kier alpha value is -3.15. The standard InChI is InChI=1S/C30H40ClN5O6/c1-18-25(19(2)42-33-18)27-26-22(31)14-20(15-23(26)36(32-27)10-7-12-39-6)16-35(21-8-9-21)28(37)24-17-34(11-13-40-24)29(38)41-30(3,4)5/h14-15,21,24H,7-13,16-17H2,1-6H3/t24-/m1/s1. The van der Waals surface area contributed by atoms with Crippen LogP contribution >= 0.6 is 11.6 Å². The Bertz CT molecular complexity index is 1440. The topological polar surface area (TPSA) is 112 Å². The van der Waals surface area contributed by atoms with Crippen molar-refractivity contribution >= 4 is 34.5 Å². The second-order valence-electron chi connectivity index (χ2n) is 12.1. The number of fused-ring (bicyclic) bond motifs is 1. The molecule has 5 rings (SSSR count). The van der Waals surface area contributed by atoms with Gasteiger partial charge in [-0.05, 0) is 71.6 Å². The average molecular weight is 602 g/mol. The number of rotatable bonds is 9. The molecule has 1 saturated carbocycles. The number of benzene rings is 1. The minimum Gasteiger partial charge on any atom is -0.444 e. The number of halogens is 1. The van der Waals surface area contributed by atoms with Gasteiger partial charge in [0.05, 0.1) is 34.9 Å². The first kappa shape index (κ1) is 30.3. The van der Waals surface area contributed by atoms with Gasteiger partial charge in [-0.15, -0.1) is 0 Å². The third kappa shape index (κ3) is 6.58. The first-order chi connectivity index (χ1) is 20.0. The fraction of sp³-hybridized carbons (Fsp3) is 0.600. The van der Waals surface area contributed by atoms with E-state index >= 15 is 0 Å². The molecule has 2 amide bonds. The quantitative estimate of drug-likeness (QED) is 0.311. The van der Waals surface area contributed by atoms with E-state index in [0.717, 1.165) is 52.7 Å². The SMILES string of the molecule is COCCCn1nc(-c2c(C)noc2C)c2c(Cl)cc(CN(C(=O)[C@H]3CN(C(=O)OC(C)(C)C)CCO3)C3CC3)cc21. The molecule has 228 valence electrons. The molecule has 0 bridgehead atoms. The molecule has 0 unspecified atom stereocenters. The van der Waals surface area contributed by atoms with E-state index in [1.165, 1.54) is 0 Å². The Labute approximate surface area is 251 Å². The molecule has 2 aliphatic rings. The fourth-order valence-corrected chi connectivity index (χ4v) is 5.70.